The van der Waals surface area contributed by atoms with E-state index in [0.29, 0.717) is 23.8 Å². The molecule has 0 N–H and O–H groups in total. The van der Waals surface area contributed by atoms with E-state index < -0.39 is 0 Å². The number of nitrogens with zero attached hydrogens (tertiary/aromatic N) is 2. The van der Waals surface area contributed by atoms with Gasteiger partial charge in [0.05, 0.1) is 11.3 Å². The first-order chi connectivity index (χ1) is 10.9. The SMILES string of the molecule is Cc1noc(C)c1COc1cccc(C(=O)N(C)CC(C)C)c1. The fourth-order valence-electron chi connectivity index (χ4n) is 2.43. The van der Waals surface area contributed by atoms with Gasteiger partial charge < -0.3 is 14.2 Å². The molecule has 0 aliphatic rings. The smallest absolute Gasteiger partial charge is 0.253 e. The molecule has 1 aromatic heterocycles. The molecule has 124 valence electrons. The number of rotatable bonds is 6. The highest BCUT2D eigenvalue weighted by Crippen LogP contribution is 2.19. The summed E-state index contributed by atoms with van der Waals surface area (Å²) < 4.78 is 10.9. The molecule has 0 radical (unpaired) electrons. The molecule has 1 heterocycles. The van der Waals surface area contributed by atoms with Crippen molar-refractivity contribution in [3.63, 3.8) is 0 Å². The van der Waals surface area contributed by atoms with Crippen molar-refractivity contribution >= 4 is 5.91 Å². The molecule has 0 aliphatic carbocycles. The van der Waals surface area contributed by atoms with Crippen molar-refractivity contribution in [2.75, 3.05) is 13.6 Å². The van der Waals surface area contributed by atoms with Crippen LogP contribution in [-0.4, -0.2) is 29.6 Å². The summed E-state index contributed by atoms with van der Waals surface area (Å²) in [5, 5.41) is 3.91. The molecule has 0 unspecified atom stereocenters. The Bertz CT molecular complexity index is 657. The van der Waals surface area contributed by atoms with Crippen molar-refractivity contribution in [3.05, 3.63) is 46.8 Å². The van der Waals surface area contributed by atoms with Gasteiger partial charge in [0.1, 0.15) is 18.1 Å². The number of carbonyl (C=O) groups excluding carboxylic acids is 1. The molecule has 2 rings (SSSR count). The van der Waals surface area contributed by atoms with Gasteiger partial charge in [-0.2, -0.15) is 0 Å². The number of aryl methyl sites for hydroxylation is 2. The molecule has 0 atom stereocenters. The second-order valence-corrected chi connectivity index (χ2v) is 6.20. The molecule has 1 amide bonds. The lowest BCUT2D eigenvalue weighted by atomic mass is 10.1. The standard InChI is InChI=1S/C18H24N2O3/c1-12(2)10-20(5)18(21)15-7-6-8-16(9-15)22-11-17-13(3)19-23-14(17)4/h6-9,12H,10-11H2,1-5H3. The monoisotopic (exact) mass is 316 g/mol. The minimum absolute atomic E-state index is 0.00138. The Morgan fingerprint density at radius 1 is 1.35 bits per heavy atom. The van der Waals surface area contributed by atoms with Gasteiger partial charge in [0.25, 0.3) is 5.91 Å². The molecular formula is C18H24N2O3. The van der Waals surface area contributed by atoms with Gasteiger partial charge in [0.15, 0.2) is 0 Å². The van der Waals surface area contributed by atoms with Gasteiger partial charge in [-0.25, -0.2) is 0 Å². The predicted octanol–water partition coefficient (Wildman–Crippen LogP) is 3.60. The molecule has 0 saturated heterocycles. The number of aromatic nitrogens is 1. The minimum atomic E-state index is 0.00138. The summed E-state index contributed by atoms with van der Waals surface area (Å²) in [4.78, 5) is 14.2. The lowest BCUT2D eigenvalue weighted by Gasteiger charge is -2.19. The van der Waals surface area contributed by atoms with E-state index in [-0.39, 0.29) is 5.91 Å². The van der Waals surface area contributed by atoms with E-state index in [4.69, 9.17) is 9.26 Å². The van der Waals surface area contributed by atoms with Crippen molar-refractivity contribution in [1.29, 1.82) is 0 Å². The van der Waals surface area contributed by atoms with E-state index in [1.807, 2.05) is 39.1 Å². The van der Waals surface area contributed by atoms with Gasteiger partial charge >= 0.3 is 0 Å². The lowest BCUT2D eigenvalue weighted by molar-refractivity contribution is 0.0778. The van der Waals surface area contributed by atoms with Crippen LogP contribution in [0, 0.1) is 19.8 Å². The zero-order chi connectivity index (χ0) is 17.0. The van der Waals surface area contributed by atoms with Gasteiger partial charge in [-0.3, -0.25) is 4.79 Å². The van der Waals surface area contributed by atoms with Crippen LogP contribution in [0.15, 0.2) is 28.8 Å². The minimum Gasteiger partial charge on any atom is -0.489 e. The normalized spacial score (nSPS) is 10.9. The van der Waals surface area contributed by atoms with Crippen molar-refractivity contribution < 1.29 is 14.1 Å². The number of benzene rings is 1. The van der Waals surface area contributed by atoms with E-state index in [0.717, 1.165) is 23.6 Å². The fourth-order valence-corrected chi connectivity index (χ4v) is 2.43. The summed E-state index contributed by atoms with van der Waals surface area (Å²) in [7, 11) is 1.82. The Labute approximate surface area is 137 Å². The highest BCUT2D eigenvalue weighted by atomic mass is 16.5. The molecule has 0 fully saturated rings. The number of carbonyl (C=O) groups is 1. The average Bonchev–Trinajstić information content (AvgIpc) is 2.83. The Kier molecular flexibility index (Phi) is 5.42. The highest BCUT2D eigenvalue weighted by molar-refractivity contribution is 5.94. The lowest BCUT2D eigenvalue weighted by Crippen LogP contribution is -2.30. The first kappa shape index (κ1) is 17.1. The molecule has 5 nitrogen and oxygen atoms in total. The topological polar surface area (TPSA) is 55.6 Å². The molecule has 0 spiro atoms. The van der Waals surface area contributed by atoms with E-state index in [1.165, 1.54) is 0 Å². The van der Waals surface area contributed by atoms with Crippen LogP contribution < -0.4 is 4.74 Å². The summed E-state index contributed by atoms with van der Waals surface area (Å²) >= 11 is 0. The summed E-state index contributed by atoms with van der Waals surface area (Å²) in [6, 6.07) is 7.26. The van der Waals surface area contributed by atoms with Crippen LogP contribution in [-0.2, 0) is 6.61 Å². The van der Waals surface area contributed by atoms with Gasteiger partial charge in [-0.05, 0) is 38.0 Å². The molecule has 5 heteroatoms. The van der Waals surface area contributed by atoms with Crippen LogP contribution in [0.2, 0.25) is 0 Å². The zero-order valence-electron chi connectivity index (χ0n) is 14.4. The Morgan fingerprint density at radius 3 is 2.70 bits per heavy atom. The van der Waals surface area contributed by atoms with E-state index >= 15 is 0 Å². The van der Waals surface area contributed by atoms with Crippen LogP contribution in [0.25, 0.3) is 0 Å². The summed E-state index contributed by atoms with van der Waals surface area (Å²) in [6.45, 7) is 9.03. The highest BCUT2D eigenvalue weighted by Gasteiger charge is 2.14. The van der Waals surface area contributed by atoms with E-state index in [2.05, 4.69) is 19.0 Å². The van der Waals surface area contributed by atoms with Crippen LogP contribution in [0.1, 0.15) is 41.2 Å². The van der Waals surface area contributed by atoms with Crippen molar-refractivity contribution in [2.45, 2.75) is 34.3 Å². The second kappa shape index (κ2) is 7.31. The van der Waals surface area contributed by atoms with Crippen molar-refractivity contribution in [3.8, 4) is 5.75 Å². The third-order valence-corrected chi connectivity index (χ3v) is 3.63. The van der Waals surface area contributed by atoms with Crippen LogP contribution >= 0.6 is 0 Å². The maximum absolute atomic E-state index is 12.4. The summed E-state index contributed by atoms with van der Waals surface area (Å²) in [5.74, 6) is 1.85. The number of hydrogen-bond donors (Lipinski definition) is 0. The van der Waals surface area contributed by atoms with Gasteiger partial charge in [-0.1, -0.05) is 25.1 Å². The summed E-state index contributed by atoms with van der Waals surface area (Å²) in [5.41, 5.74) is 2.40. The number of ether oxygens (including phenoxy) is 1. The van der Waals surface area contributed by atoms with Crippen molar-refractivity contribution in [1.82, 2.24) is 10.1 Å². The molecular weight excluding hydrogens is 292 g/mol. The first-order valence-corrected chi connectivity index (χ1v) is 7.78. The predicted molar refractivity (Wildman–Crippen MR) is 88.5 cm³/mol. The number of hydrogen-bond acceptors (Lipinski definition) is 4. The third kappa shape index (κ3) is 4.34. The average molecular weight is 316 g/mol. The van der Waals surface area contributed by atoms with Gasteiger partial charge in [0, 0.05) is 19.2 Å². The Hall–Kier alpha value is -2.30. The Morgan fingerprint density at radius 2 is 2.09 bits per heavy atom. The van der Waals surface area contributed by atoms with Crippen LogP contribution in [0.4, 0.5) is 0 Å². The molecule has 0 aliphatic heterocycles. The molecule has 23 heavy (non-hydrogen) atoms. The maximum atomic E-state index is 12.4. The van der Waals surface area contributed by atoms with Crippen molar-refractivity contribution in [2.24, 2.45) is 5.92 Å². The number of amides is 1. The van der Waals surface area contributed by atoms with Gasteiger partial charge in [0.2, 0.25) is 0 Å². The molecule has 0 saturated carbocycles. The summed E-state index contributed by atoms with van der Waals surface area (Å²) in [6.07, 6.45) is 0. The van der Waals surface area contributed by atoms with Gasteiger partial charge in [-0.15, -0.1) is 0 Å². The second-order valence-electron chi connectivity index (χ2n) is 6.20. The Balaban J connectivity index is 2.06. The first-order valence-electron chi connectivity index (χ1n) is 7.78. The molecule has 0 bridgehead atoms. The van der Waals surface area contributed by atoms with Crippen LogP contribution in [0.5, 0.6) is 5.75 Å². The molecule has 2 aromatic rings. The maximum Gasteiger partial charge on any atom is 0.253 e. The zero-order valence-corrected chi connectivity index (χ0v) is 14.4. The fraction of sp³-hybridized carbons (Fsp3) is 0.444. The quantitative estimate of drug-likeness (QED) is 0.817. The molecule has 1 aromatic carbocycles. The van der Waals surface area contributed by atoms with E-state index in [9.17, 15) is 4.79 Å². The van der Waals surface area contributed by atoms with E-state index in [1.54, 1.807) is 11.0 Å². The third-order valence-electron chi connectivity index (χ3n) is 3.63. The largest absolute Gasteiger partial charge is 0.489 e. The van der Waals surface area contributed by atoms with Crippen LogP contribution in [0.3, 0.4) is 0 Å².